The summed E-state index contributed by atoms with van der Waals surface area (Å²) in [7, 11) is 3.49. The number of fused-ring (bicyclic) bond motifs is 1. The van der Waals surface area contributed by atoms with Gasteiger partial charge >= 0.3 is 0 Å². The molecule has 4 heteroatoms. The molecule has 0 radical (unpaired) electrons. The number of nitrogens with zero attached hydrogens (tertiary/aromatic N) is 1. The van der Waals surface area contributed by atoms with Gasteiger partial charge in [-0.3, -0.25) is 0 Å². The zero-order valence-corrected chi connectivity index (χ0v) is 25.3. The summed E-state index contributed by atoms with van der Waals surface area (Å²) in [6, 6.07) is 26.5. The van der Waals surface area contributed by atoms with Gasteiger partial charge in [0.1, 0.15) is 12.4 Å². The van der Waals surface area contributed by atoms with Crippen LogP contribution in [0.3, 0.4) is 0 Å². The number of hydrogen-bond acceptors (Lipinski definition) is 4. The van der Waals surface area contributed by atoms with Crippen molar-refractivity contribution < 1.29 is 14.2 Å². The predicted molar refractivity (Wildman–Crippen MR) is 172 cm³/mol. The van der Waals surface area contributed by atoms with E-state index in [1.165, 1.54) is 65.6 Å². The topological polar surface area (TPSA) is 30.9 Å². The van der Waals surface area contributed by atoms with Crippen LogP contribution in [0.15, 0.2) is 90.0 Å². The van der Waals surface area contributed by atoms with Gasteiger partial charge in [-0.25, -0.2) is 0 Å². The Kier molecular flexibility index (Phi) is 9.42. The van der Waals surface area contributed by atoms with Gasteiger partial charge < -0.3 is 19.1 Å². The van der Waals surface area contributed by atoms with Gasteiger partial charge in [-0.1, -0.05) is 61.0 Å². The number of methoxy groups -OCH3 is 2. The Labute approximate surface area is 252 Å². The van der Waals surface area contributed by atoms with Crippen LogP contribution < -0.4 is 9.64 Å². The highest BCUT2D eigenvalue weighted by molar-refractivity contribution is 5.88. The van der Waals surface area contributed by atoms with E-state index in [9.17, 15) is 0 Å². The van der Waals surface area contributed by atoms with Crippen LogP contribution in [0, 0.1) is 5.92 Å². The van der Waals surface area contributed by atoms with Crippen molar-refractivity contribution in [2.24, 2.45) is 5.92 Å². The third-order valence-corrected chi connectivity index (χ3v) is 9.38. The first-order valence-electron chi connectivity index (χ1n) is 15.9. The standard InChI is InChI=1S/C38H45NO3/c1-40-38(41-2)31-22-24-39(25-23-31)33-17-14-30(15-18-33)37-35(29-12-8-3-4-9-13-29)20-16-32-26-34(19-21-36(32)37)42-27-28-10-6-5-7-11-28/h5-7,10-12,14-15,17-19,21,26,31,38H,3-4,8-9,13,16,20,22-25,27H2,1-2H3. The van der Waals surface area contributed by atoms with E-state index in [4.69, 9.17) is 14.2 Å². The van der Waals surface area contributed by atoms with Gasteiger partial charge in [-0.15, -0.1) is 0 Å². The Morgan fingerprint density at radius 2 is 1.60 bits per heavy atom. The summed E-state index contributed by atoms with van der Waals surface area (Å²) in [5, 5.41) is 0. The van der Waals surface area contributed by atoms with Gasteiger partial charge in [0.05, 0.1) is 0 Å². The molecule has 0 aromatic heterocycles. The molecule has 0 unspecified atom stereocenters. The Bertz CT molecular complexity index is 1380. The highest BCUT2D eigenvalue weighted by atomic mass is 16.7. The van der Waals surface area contributed by atoms with Crippen LogP contribution in [0.1, 0.15) is 73.6 Å². The van der Waals surface area contributed by atoms with Gasteiger partial charge in [0.15, 0.2) is 6.29 Å². The van der Waals surface area contributed by atoms with E-state index in [1.807, 2.05) is 6.07 Å². The van der Waals surface area contributed by atoms with Crippen molar-refractivity contribution in [2.45, 2.75) is 70.7 Å². The van der Waals surface area contributed by atoms with E-state index in [1.54, 1.807) is 25.4 Å². The summed E-state index contributed by atoms with van der Waals surface area (Å²) in [4.78, 5) is 2.51. The molecule has 1 heterocycles. The summed E-state index contributed by atoms with van der Waals surface area (Å²) in [6.07, 6.45) is 13.1. The van der Waals surface area contributed by atoms with Crippen LogP contribution in [0.2, 0.25) is 0 Å². The molecule has 0 atom stereocenters. The lowest BCUT2D eigenvalue weighted by Gasteiger charge is -2.36. The van der Waals surface area contributed by atoms with Crippen molar-refractivity contribution in [1.82, 2.24) is 0 Å². The lowest BCUT2D eigenvalue weighted by atomic mass is 9.78. The highest BCUT2D eigenvalue weighted by Gasteiger charge is 2.27. The normalized spacial score (nSPS) is 18.1. The molecule has 220 valence electrons. The second-order valence-corrected chi connectivity index (χ2v) is 12.0. The second kappa shape index (κ2) is 13.8. The number of anilines is 1. The lowest BCUT2D eigenvalue weighted by molar-refractivity contribution is -0.141. The van der Waals surface area contributed by atoms with Crippen molar-refractivity contribution in [3.05, 3.63) is 112 Å². The molecule has 1 saturated heterocycles. The monoisotopic (exact) mass is 563 g/mol. The van der Waals surface area contributed by atoms with Crippen LogP contribution in [-0.2, 0) is 22.5 Å². The fourth-order valence-electron chi connectivity index (χ4n) is 7.09. The number of benzene rings is 3. The molecule has 4 nitrogen and oxygen atoms in total. The second-order valence-electron chi connectivity index (χ2n) is 12.0. The van der Waals surface area contributed by atoms with Crippen LogP contribution in [0.5, 0.6) is 5.75 Å². The molecule has 3 aliphatic rings. The summed E-state index contributed by atoms with van der Waals surface area (Å²) in [6.45, 7) is 2.65. The minimum atomic E-state index is -0.103. The third kappa shape index (κ3) is 6.50. The van der Waals surface area contributed by atoms with Gasteiger partial charge in [0, 0.05) is 38.9 Å². The van der Waals surface area contributed by atoms with Gasteiger partial charge in [0.25, 0.3) is 0 Å². The fraction of sp³-hybridized carbons (Fsp3) is 0.421. The zero-order valence-electron chi connectivity index (χ0n) is 25.3. The minimum Gasteiger partial charge on any atom is -0.489 e. The molecular weight excluding hydrogens is 518 g/mol. The zero-order chi connectivity index (χ0) is 28.7. The van der Waals surface area contributed by atoms with Crippen LogP contribution in [0.25, 0.3) is 5.57 Å². The molecule has 3 aromatic carbocycles. The first-order valence-corrected chi connectivity index (χ1v) is 15.9. The van der Waals surface area contributed by atoms with Gasteiger partial charge in [-0.05, 0) is 115 Å². The Balaban J connectivity index is 1.26. The summed E-state index contributed by atoms with van der Waals surface area (Å²) < 4.78 is 17.3. The maximum atomic E-state index is 6.23. The van der Waals surface area contributed by atoms with Crippen molar-refractivity contribution in [3.63, 3.8) is 0 Å². The Hall–Kier alpha value is -3.34. The van der Waals surface area contributed by atoms with Crippen LogP contribution >= 0.6 is 0 Å². The van der Waals surface area contributed by atoms with E-state index in [-0.39, 0.29) is 6.29 Å². The largest absolute Gasteiger partial charge is 0.489 e. The fourth-order valence-corrected chi connectivity index (χ4v) is 7.09. The predicted octanol–water partition coefficient (Wildman–Crippen LogP) is 8.74. The number of aryl methyl sites for hydroxylation is 1. The summed E-state index contributed by atoms with van der Waals surface area (Å²) in [5.41, 5.74) is 11.1. The number of rotatable bonds is 9. The summed E-state index contributed by atoms with van der Waals surface area (Å²) in [5.74, 6) is 1.41. The highest BCUT2D eigenvalue weighted by Crippen LogP contribution is 2.42. The SMILES string of the molecule is COC(OC)C1CCN(c2ccc(C3=C(C4=CCCCCC4)CCc4cc(OCc5ccccc5)ccc43)cc2)CC1. The maximum Gasteiger partial charge on any atom is 0.159 e. The number of ether oxygens (including phenoxy) is 3. The van der Waals surface area contributed by atoms with Crippen LogP contribution in [0.4, 0.5) is 5.69 Å². The van der Waals surface area contributed by atoms with Crippen molar-refractivity contribution in [2.75, 3.05) is 32.2 Å². The molecule has 0 spiro atoms. The van der Waals surface area contributed by atoms with Crippen LogP contribution in [-0.4, -0.2) is 33.6 Å². The molecule has 6 rings (SSSR count). The average molecular weight is 564 g/mol. The molecule has 0 amide bonds. The first-order chi connectivity index (χ1) is 20.7. The van der Waals surface area contributed by atoms with Crippen molar-refractivity contribution in [1.29, 1.82) is 0 Å². The lowest BCUT2D eigenvalue weighted by Crippen LogP contribution is -2.39. The van der Waals surface area contributed by atoms with Gasteiger partial charge in [0.2, 0.25) is 0 Å². The number of hydrogen-bond donors (Lipinski definition) is 0. The number of allylic oxidation sites excluding steroid dienone is 3. The smallest absolute Gasteiger partial charge is 0.159 e. The van der Waals surface area contributed by atoms with Gasteiger partial charge in [-0.2, -0.15) is 0 Å². The number of piperidine rings is 1. The average Bonchev–Trinajstić information content (AvgIpc) is 3.34. The summed E-state index contributed by atoms with van der Waals surface area (Å²) >= 11 is 0. The molecule has 1 fully saturated rings. The van der Waals surface area contributed by atoms with Crippen molar-refractivity contribution in [3.8, 4) is 5.75 Å². The molecule has 0 N–H and O–H groups in total. The molecule has 2 aliphatic carbocycles. The Morgan fingerprint density at radius 1 is 0.810 bits per heavy atom. The van der Waals surface area contributed by atoms with E-state index in [0.29, 0.717) is 12.5 Å². The molecule has 1 aliphatic heterocycles. The van der Waals surface area contributed by atoms with E-state index in [2.05, 4.69) is 77.7 Å². The quantitative estimate of drug-likeness (QED) is 0.244. The molecular formula is C38H45NO3. The molecule has 42 heavy (non-hydrogen) atoms. The molecule has 0 saturated carbocycles. The van der Waals surface area contributed by atoms with Crippen molar-refractivity contribution >= 4 is 11.3 Å². The molecule has 0 bridgehead atoms. The first kappa shape index (κ1) is 28.8. The third-order valence-electron chi connectivity index (χ3n) is 9.38. The minimum absolute atomic E-state index is 0.103. The Morgan fingerprint density at radius 3 is 2.36 bits per heavy atom. The molecule has 3 aromatic rings. The van der Waals surface area contributed by atoms with E-state index >= 15 is 0 Å². The maximum absolute atomic E-state index is 6.23. The van der Waals surface area contributed by atoms with E-state index in [0.717, 1.165) is 44.5 Å². The van der Waals surface area contributed by atoms with E-state index < -0.39 is 0 Å².